The first kappa shape index (κ1) is 20.9. The topological polar surface area (TPSA) is 78.7 Å². The Morgan fingerprint density at radius 1 is 1.09 bits per heavy atom. The summed E-state index contributed by atoms with van der Waals surface area (Å²) in [7, 11) is 0. The Labute approximate surface area is 191 Å². The first-order valence-electron chi connectivity index (χ1n) is 11.1. The van der Waals surface area contributed by atoms with Crippen LogP contribution < -0.4 is 5.56 Å². The van der Waals surface area contributed by atoms with Crippen LogP contribution in [0.2, 0.25) is 0 Å². The summed E-state index contributed by atoms with van der Waals surface area (Å²) in [5.74, 6) is 0.300. The number of aryl methyl sites for hydroxylation is 1. The van der Waals surface area contributed by atoms with Crippen molar-refractivity contribution < 1.29 is 9.21 Å². The standard InChI is InChI=1S/C27H25N3O3/c1-16(2)27(32)30-22(23-10-7-13-33-23)15-21(29-30)25-24(18-8-5-4-6-9-18)19-12-11-17(3)14-20(19)28-26(25)31/h4-14,16,22H,15H2,1-3H3,(H,28,31)/t22-/m0/s1. The smallest absolute Gasteiger partial charge is 0.258 e. The first-order chi connectivity index (χ1) is 15.9. The predicted molar refractivity (Wildman–Crippen MR) is 129 cm³/mol. The van der Waals surface area contributed by atoms with Gasteiger partial charge in [0, 0.05) is 28.8 Å². The van der Waals surface area contributed by atoms with Crippen LogP contribution in [0, 0.1) is 12.8 Å². The van der Waals surface area contributed by atoms with Crippen LogP contribution in [0.1, 0.15) is 43.2 Å². The number of hydrogen-bond acceptors (Lipinski definition) is 4. The summed E-state index contributed by atoms with van der Waals surface area (Å²) in [5.41, 5.74) is 4.45. The minimum atomic E-state index is -0.387. The van der Waals surface area contributed by atoms with Gasteiger partial charge in [0.1, 0.15) is 11.8 Å². The van der Waals surface area contributed by atoms with E-state index in [2.05, 4.69) is 4.98 Å². The summed E-state index contributed by atoms with van der Waals surface area (Å²) in [5, 5.41) is 7.12. The fraction of sp³-hybridized carbons (Fsp3) is 0.222. The molecule has 2 aromatic carbocycles. The lowest BCUT2D eigenvalue weighted by molar-refractivity contribution is -0.136. The van der Waals surface area contributed by atoms with E-state index in [1.54, 1.807) is 12.3 Å². The Hall–Kier alpha value is -3.93. The highest BCUT2D eigenvalue weighted by molar-refractivity contribution is 6.12. The van der Waals surface area contributed by atoms with Crippen molar-refractivity contribution >= 4 is 22.5 Å². The van der Waals surface area contributed by atoms with E-state index in [4.69, 9.17) is 9.52 Å². The van der Waals surface area contributed by atoms with E-state index in [1.807, 2.05) is 75.4 Å². The number of amides is 1. The Balaban J connectivity index is 1.75. The number of benzene rings is 2. The van der Waals surface area contributed by atoms with Crippen LogP contribution >= 0.6 is 0 Å². The lowest BCUT2D eigenvalue weighted by atomic mass is 9.91. The Morgan fingerprint density at radius 3 is 2.58 bits per heavy atom. The maximum absolute atomic E-state index is 13.5. The number of nitrogens with one attached hydrogen (secondary N) is 1. The predicted octanol–water partition coefficient (Wildman–Crippen LogP) is 5.43. The second kappa shape index (κ2) is 8.20. The number of fused-ring (bicyclic) bond motifs is 1. The molecule has 166 valence electrons. The molecule has 4 aromatic rings. The molecule has 1 amide bonds. The average molecular weight is 440 g/mol. The first-order valence-corrected chi connectivity index (χ1v) is 11.1. The van der Waals surface area contributed by atoms with Crippen LogP contribution in [0.4, 0.5) is 0 Å². The van der Waals surface area contributed by atoms with E-state index in [1.165, 1.54) is 5.01 Å². The van der Waals surface area contributed by atoms with Crippen LogP contribution in [0.15, 0.2) is 81.2 Å². The van der Waals surface area contributed by atoms with Gasteiger partial charge >= 0.3 is 0 Å². The van der Waals surface area contributed by atoms with Crippen LogP contribution in [0.5, 0.6) is 0 Å². The third-order valence-electron chi connectivity index (χ3n) is 6.02. The van der Waals surface area contributed by atoms with Crippen molar-refractivity contribution in [3.05, 3.63) is 94.2 Å². The molecule has 33 heavy (non-hydrogen) atoms. The summed E-state index contributed by atoms with van der Waals surface area (Å²) in [6, 6.07) is 19.1. The minimum absolute atomic E-state index is 0.111. The van der Waals surface area contributed by atoms with Gasteiger partial charge < -0.3 is 9.40 Å². The summed E-state index contributed by atoms with van der Waals surface area (Å²) < 4.78 is 5.64. The number of hydrazone groups is 1. The molecule has 1 aliphatic rings. The van der Waals surface area contributed by atoms with Gasteiger partial charge in [-0.15, -0.1) is 0 Å². The van der Waals surface area contributed by atoms with E-state index in [-0.39, 0.29) is 23.4 Å². The fourth-order valence-corrected chi connectivity index (χ4v) is 4.42. The molecule has 0 aliphatic carbocycles. The highest BCUT2D eigenvalue weighted by atomic mass is 16.3. The van der Waals surface area contributed by atoms with Gasteiger partial charge in [-0.05, 0) is 36.2 Å². The van der Waals surface area contributed by atoms with Crippen molar-refractivity contribution in [2.45, 2.75) is 33.2 Å². The quantitative estimate of drug-likeness (QED) is 0.460. The number of carbonyl (C=O) groups excluding carboxylic acids is 1. The Morgan fingerprint density at radius 2 is 1.88 bits per heavy atom. The van der Waals surface area contributed by atoms with Crippen molar-refractivity contribution in [3.63, 3.8) is 0 Å². The summed E-state index contributed by atoms with van der Waals surface area (Å²) >= 11 is 0. The SMILES string of the molecule is Cc1ccc2c(-c3ccccc3)c(C3=NN(C(=O)C(C)C)[C@H](c4ccco4)C3)c(=O)[nH]c2c1. The third kappa shape index (κ3) is 3.67. The molecule has 0 spiro atoms. The number of nitrogens with zero attached hydrogens (tertiary/aromatic N) is 2. The van der Waals surface area contributed by atoms with Crippen molar-refractivity contribution in [1.29, 1.82) is 0 Å². The Bertz CT molecular complexity index is 1420. The molecule has 3 heterocycles. The van der Waals surface area contributed by atoms with E-state index in [0.29, 0.717) is 23.5 Å². The number of rotatable bonds is 4. The van der Waals surface area contributed by atoms with Gasteiger partial charge in [0.2, 0.25) is 5.91 Å². The van der Waals surface area contributed by atoms with Gasteiger partial charge in [0.05, 0.1) is 17.5 Å². The summed E-state index contributed by atoms with van der Waals surface area (Å²) in [4.78, 5) is 29.5. The number of furan rings is 1. The largest absolute Gasteiger partial charge is 0.467 e. The zero-order chi connectivity index (χ0) is 23.1. The van der Waals surface area contributed by atoms with E-state index in [0.717, 1.165) is 27.6 Å². The van der Waals surface area contributed by atoms with Crippen molar-refractivity contribution in [1.82, 2.24) is 9.99 Å². The lowest BCUT2D eigenvalue weighted by Crippen LogP contribution is -2.30. The molecule has 0 saturated heterocycles. The normalized spacial score (nSPS) is 15.9. The van der Waals surface area contributed by atoms with E-state index >= 15 is 0 Å². The fourth-order valence-electron chi connectivity index (χ4n) is 4.42. The molecule has 0 radical (unpaired) electrons. The molecule has 0 saturated carbocycles. The molecule has 2 aromatic heterocycles. The number of pyridine rings is 1. The van der Waals surface area contributed by atoms with Gasteiger partial charge in [0.25, 0.3) is 5.56 Å². The van der Waals surface area contributed by atoms with Gasteiger partial charge in [-0.3, -0.25) is 9.59 Å². The van der Waals surface area contributed by atoms with Crippen LogP contribution in [-0.4, -0.2) is 21.6 Å². The van der Waals surface area contributed by atoms with E-state index < -0.39 is 0 Å². The van der Waals surface area contributed by atoms with Crippen LogP contribution in [-0.2, 0) is 4.79 Å². The molecule has 1 aliphatic heterocycles. The van der Waals surface area contributed by atoms with Crippen molar-refractivity contribution in [2.24, 2.45) is 11.0 Å². The third-order valence-corrected chi connectivity index (χ3v) is 6.02. The second-order valence-electron chi connectivity index (χ2n) is 8.74. The second-order valence-corrected chi connectivity index (χ2v) is 8.74. The van der Waals surface area contributed by atoms with Crippen LogP contribution in [0.3, 0.4) is 0 Å². The van der Waals surface area contributed by atoms with Gasteiger partial charge in [0.15, 0.2) is 0 Å². The maximum Gasteiger partial charge on any atom is 0.258 e. The molecular formula is C27H25N3O3. The molecule has 1 atom stereocenters. The molecule has 0 fully saturated rings. The zero-order valence-electron chi connectivity index (χ0n) is 18.8. The Kier molecular flexibility index (Phi) is 5.21. The monoisotopic (exact) mass is 439 g/mol. The summed E-state index contributed by atoms with van der Waals surface area (Å²) in [6.07, 6.45) is 1.98. The van der Waals surface area contributed by atoms with Crippen molar-refractivity contribution in [3.8, 4) is 11.1 Å². The van der Waals surface area contributed by atoms with Gasteiger partial charge in [-0.2, -0.15) is 5.10 Å². The number of carbonyl (C=O) groups is 1. The zero-order valence-corrected chi connectivity index (χ0v) is 18.8. The number of aromatic nitrogens is 1. The molecule has 6 heteroatoms. The molecular weight excluding hydrogens is 414 g/mol. The van der Waals surface area contributed by atoms with Gasteiger partial charge in [-0.1, -0.05) is 56.3 Å². The number of aromatic amines is 1. The highest BCUT2D eigenvalue weighted by Crippen LogP contribution is 2.37. The minimum Gasteiger partial charge on any atom is -0.467 e. The highest BCUT2D eigenvalue weighted by Gasteiger charge is 2.37. The number of hydrogen-bond donors (Lipinski definition) is 1. The van der Waals surface area contributed by atoms with E-state index in [9.17, 15) is 9.59 Å². The molecule has 0 bridgehead atoms. The average Bonchev–Trinajstić information content (AvgIpc) is 3.48. The molecule has 1 N–H and O–H groups in total. The lowest BCUT2D eigenvalue weighted by Gasteiger charge is -2.21. The number of H-pyrrole nitrogens is 1. The molecule has 5 rings (SSSR count). The van der Waals surface area contributed by atoms with Gasteiger partial charge in [-0.25, -0.2) is 5.01 Å². The van der Waals surface area contributed by atoms with Crippen molar-refractivity contribution in [2.75, 3.05) is 0 Å². The maximum atomic E-state index is 13.5. The molecule has 0 unspecified atom stereocenters. The van der Waals surface area contributed by atoms with Crippen LogP contribution in [0.25, 0.3) is 22.0 Å². The molecule has 6 nitrogen and oxygen atoms in total. The summed E-state index contributed by atoms with van der Waals surface area (Å²) in [6.45, 7) is 5.68.